The Kier molecular flexibility index (Phi) is 5.84. The Morgan fingerprint density at radius 3 is 2.21 bits per heavy atom. The smallest absolute Gasteiger partial charge is 0.146 e. The van der Waals surface area contributed by atoms with Crippen LogP contribution in [0.5, 0.6) is 0 Å². The third kappa shape index (κ3) is 4.99. The number of ketones is 1. The van der Waals surface area contributed by atoms with Gasteiger partial charge in [-0.2, -0.15) is 15.3 Å². The highest BCUT2D eigenvalue weighted by atomic mass is 16.1. The molecule has 0 bridgehead atoms. The van der Waals surface area contributed by atoms with E-state index in [1.165, 1.54) is 0 Å². The summed E-state index contributed by atoms with van der Waals surface area (Å²) in [4.78, 5) is 16.5. The second-order valence-electron chi connectivity index (χ2n) is 7.61. The monoisotopic (exact) mass is 388 g/mol. The summed E-state index contributed by atoms with van der Waals surface area (Å²) in [6, 6.07) is 13.3. The molecule has 2 atom stereocenters. The van der Waals surface area contributed by atoms with Crippen LogP contribution in [-0.2, 0) is 17.6 Å². The van der Waals surface area contributed by atoms with Crippen LogP contribution in [0, 0.1) is 0 Å². The Morgan fingerprint density at radius 1 is 0.862 bits per heavy atom. The Morgan fingerprint density at radius 2 is 1.59 bits per heavy atom. The molecule has 1 fully saturated rings. The quantitative estimate of drug-likeness (QED) is 0.691. The molecule has 2 N–H and O–H groups in total. The first-order valence-corrected chi connectivity index (χ1v) is 10.0. The number of nitrogen functional groups attached to an aromatic ring is 1. The summed E-state index contributed by atoms with van der Waals surface area (Å²) in [7, 11) is 0. The summed E-state index contributed by atoms with van der Waals surface area (Å²) in [6.45, 7) is 0. The number of hydrogen-bond donors (Lipinski definition) is 1. The van der Waals surface area contributed by atoms with Crippen molar-refractivity contribution in [3.05, 3.63) is 71.4 Å². The average molecular weight is 388 g/mol. The van der Waals surface area contributed by atoms with E-state index in [9.17, 15) is 4.79 Å². The second kappa shape index (κ2) is 8.86. The number of anilines is 1. The fraction of sp³-hybridized carbons (Fsp3) is 0.364. The third-order valence-electron chi connectivity index (χ3n) is 5.44. The van der Waals surface area contributed by atoms with E-state index in [2.05, 4.69) is 25.4 Å². The first-order chi connectivity index (χ1) is 14.2. The highest BCUT2D eigenvalue weighted by Crippen LogP contribution is 2.39. The molecule has 1 aliphatic rings. The van der Waals surface area contributed by atoms with E-state index in [-0.39, 0.29) is 12.2 Å². The molecule has 3 aromatic rings. The van der Waals surface area contributed by atoms with Gasteiger partial charge in [0.05, 0.1) is 23.5 Å². The molecule has 0 radical (unpaired) electrons. The van der Waals surface area contributed by atoms with Crippen LogP contribution in [0.1, 0.15) is 60.3 Å². The van der Waals surface area contributed by atoms with E-state index < -0.39 is 0 Å². The highest BCUT2D eigenvalue weighted by Gasteiger charge is 2.26. The molecule has 0 unspecified atom stereocenters. The van der Waals surface area contributed by atoms with Gasteiger partial charge in [0.2, 0.25) is 0 Å². The summed E-state index contributed by atoms with van der Waals surface area (Å²) in [5, 5.41) is 17.0. The van der Waals surface area contributed by atoms with Crippen LogP contribution in [0.3, 0.4) is 0 Å². The number of hydrogen-bond acceptors (Lipinski definition) is 7. The Bertz CT molecular complexity index is 943. The van der Waals surface area contributed by atoms with Crippen LogP contribution >= 0.6 is 0 Å². The van der Waals surface area contributed by atoms with Crippen molar-refractivity contribution < 1.29 is 4.79 Å². The van der Waals surface area contributed by atoms with Crippen LogP contribution in [-0.4, -0.2) is 31.2 Å². The average Bonchev–Trinajstić information content (AvgIpc) is 2.75. The normalized spacial score (nSPS) is 19.0. The van der Waals surface area contributed by atoms with Gasteiger partial charge in [0.15, 0.2) is 0 Å². The molecule has 148 valence electrons. The molecule has 0 saturated heterocycles. The number of carbonyl (C=O) groups excluding carboxylic acids is 1. The summed E-state index contributed by atoms with van der Waals surface area (Å²) in [5.41, 5.74) is 9.11. The van der Waals surface area contributed by atoms with Gasteiger partial charge in [-0.05, 0) is 55.7 Å². The van der Waals surface area contributed by atoms with Crippen LogP contribution < -0.4 is 5.73 Å². The van der Waals surface area contributed by atoms with Crippen LogP contribution in [0.15, 0.2) is 48.7 Å². The molecule has 1 saturated carbocycles. The highest BCUT2D eigenvalue weighted by molar-refractivity contribution is 5.82. The molecule has 7 heteroatoms. The first kappa shape index (κ1) is 19.1. The lowest BCUT2D eigenvalue weighted by Gasteiger charge is -2.28. The molecule has 29 heavy (non-hydrogen) atoms. The maximum atomic E-state index is 12.3. The summed E-state index contributed by atoms with van der Waals surface area (Å²) >= 11 is 0. The van der Waals surface area contributed by atoms with E-state index in [0.717, 1.165) is 42.8 Å². The Balaban J connectivity index is 1.37. The van der Waals surface area contributed by atoms with E-state index in [1.54, 1.807) is 6.20 Å². The lowest BCUT2D eigenvalue weighted by atomic mass is 9.78. The predicted octanol–water partition coefficient (Wildman–Crippen LogP) is 3.04. The van der Waals surface area contributed by atoms with Crippen molar-refractivity contribution in [2.24, 2.45) is 0 Å². The zero-order chi connectivity index (χ0) is 20.1. The predicted molar refractivity (Wildman–Crippen MR) is 109 cm³/mol. The van der Waals surface area contributed by atoms with Crippen molar-refractivity contribution in [1.29, 1.82) is 0 Å². The molecule has 3 heterocycles. The van der Waals surface area contributed by atoms with Crippen molar-refractivity contribution in [1.82, 2.24) is 25.4 Å². The van der Waals surface area contributed by atoms with Crippen molar-refractivity contribution in [2.75, 3.05) is 5.73 Å². The SMILES string of the molecule is Nc1ccc([C@H]2CCC[C@H](c3ccc(CC(=O)Cc4ccccn4)nn3)C2)nn1. The number of rotatable bonds is 6. The minimum Gasteiger partial charge on any atom is -0.382 e. The minimum absolute atomic E-state index is 0.0883. The Labute approximate surface area is 169 Å². The lowest BCUT2D eigenvalue weighted by Crippen LogP contribution is -2.16. The summed E-state index contributed by atoms with van der Waals surface area (Å²) < 4.78 is 0. The van der Waals surface area contributed by atoms with Gasteiger partial charge in [0, 0.05) is 30.1 Å². The minimum atomic E-state index is 0.0883. The maximum Gasteiger partial charge on any atom is 0.146 e. The van der Waals surface area contributed by atoms with Gasteiger partial charge in [0.1, 0.15) is 11.6 Å². The molecule has 4 rings (SSSR count). The maximum absolute atomic E-state index is 12.3. The molecule has 0 aromatic carbocycles. The van der Waals surface area contributed by atoms with Gasteiger partial charge in [0.25, 0.3) is 0 Å². The fourth-order valence-electron chi connectivity index (χ4n) is 3.95. The van der Waals surface area contributed by atoms with Crippen LogP contribution in [0.4, 0.5) is 5.82 Å². The van der Waals surface area contributed by atoms with Crippen molar-refractivity contribution in [3.8, 4) is 0 Å². The zero-order valence-corrected chi connectivity index (χ0v) is 16.2. The van der Waals surface area contributed by atoms with Gasteiger partial charge < -0.3 is 5.73 Å². The summed E-state index contributed by atoms with van der Waals surface area (Å²) in [5.74, 6) is 1.24. The molecule has 3 aromatic heterocycles. The van der Waals surface area contributed by atoms with E-state index in [0.29, 0.717) is 29.8 Å². The van der Waals surface area contributed by atoms with Gasteiger partial charge in [-0.15, -0.1) is 5.10 Å². The first-order valence-electron chi connectivity index (χ1n) is 10.0. The number of pyridine rings is 1. The molecular formula is C22H24N6O. The molecule has 0 spiro atoms. The van der Waals surface area contributed by atoms with Crippen LogP contribution in [0.25, 0.3) is 0 Å². The van der Waals surface area contributed by atoms with Crippen molar-refractivity contribution in [2.45, 2.75) is 50.4 Å². The standard InChI is InChI=1S/C22H24N6O/c23-22-10-9-21(27-28-22)16-5-3-4-15(12-16)20-8-7-18(25-26-20)14-19(29)13-17-6-1-2-11-24-17/h1-2,6-11,15-16H,3-5,12-14H2,(H2,23,28)/t15-,16-/m0/s1. The van der Waals surface area contributed by atoms with Crippen molar-refractivity contribution >= 4 is 11.6 Å². The number of aromatic nitrogens is 5. The topological polar surface area (TPSA) is 108 Å². The molecule has 1 aliphatic carbocycles. The van der Waals surface area contributed by atoms with Gasteiger partial charge >= 0.3 is 0 Å². The Hall–Kier alpha value is -3.22. The number of nitrogens with two attached hydrogens (primary N) is 1. The zero-order valence-electron chi connectivity index (χ0n) is 16.2. The largest absolute Gasteiger partial charge is 0.382 e. The molecule has 0 amide bonds. The van der Waals surface area contributed by atoms with Crippen LogP contribution in [0.2, 0.25) is 0 Å². The molecular weight excluding hydrogens is 364 g/mol. The summed E-state index contributed by atoms with van der Waals surface area (Å²) in [6.07, 6.45) is 6.58. The second-order valence-corrected chi connectivity index (χ2v) is 7.61. The fourth-order valence-corrected chi connectivity index (χ4v) is 3.95. The lowest BCUT2D eigenvalue weighted by molar-refractivity contribution is -0.117. The third-order valence-corrected chi connectivity index (χ3v) is 5.44. The van der Waals surface area contributed by atoms with E-state index >= 15 is 0 Å². The van der Waals surface area contributed by atoms with Crippen molar-refractivity contribution in [3.63, 3.8) is 0 Å². The van der Waals surface area contributed by atoms with E-state index in [1.807, 2.05) is 42.5 Å². The van der Waals surface area contributed by atoms with Gasteiger partial charge in [-0.25, -0.2) is 0 Å². The molecule has 7 nitrogen and oxygen atoms in total. The van der Waals surface area contributed by atoms with Gasteiger partial charge in [-0.3, -0.25) is 9.78 Å². The number of nitrogens with zero attached hydrogens (tertiary/aromatic N) is 5. The number of Topliss-reactive ketones (excluding diaryl/α,β-unsaturated/α-hetero) is 1. The van der Waals surface area contributed by atoms with Gasteiger partial charge in [-0.1, -0.05) is 12.5 Å². The molecule has 0 aliphatic heterocycles. The van der Waals surface area contributed by atoms with E-state index in [4.69, 9.17) is 5.73 Å². The number of carbonyl (C=O) groups is 1.